The summed E-state index contributed by atoms with van der Waals surface area (Å²) in [6.07, 6.45) is 9.08. The molecule has 2 rings (SSSR count). The van der Waals surface area contributed by atoms with Gasteiger partial charge in [0, 0.05) is 49.0 Å². The van der Waals surface area contributed by atoms with Crippen LogP contribution in [0.5, 0.6) is 0 Å². The second kappa shape index (κ2) is 9.30. The summed E-state index contributed by atoms with van der Waals surface area (Å²) in [5, 5.41) is 5.73. The van der Waals surface area contributed by atoms with Crippen LogP contribution in [-0.2, 0) is 0 Å². The number of hydrogen-bond donors (Lipinski definition) is 2. The number of hydrogen-bond acceptors (Lipinski definition) is 4. The number of pyridine rings is 2. The van der Waals surface area contributed by atoms with Gasteiger partial charge in [-0.3, -0.25) is 19.6 Å². The van der Waals surface area contributed by atoms with Crippen molar-refractivity contribution in [3.63, 3.8) is 0 Å². The van der Waals surface area contributed by atoms with E-state index in [2.05, 4.69) is 20.6 Å². The molecule has 120 valence electrons. The van der Waals surface area contributed by atoms with Gasteiger partial charge in [0.05, 0.1) is 0 Å². The minimum absolute atomic E-state index is 0.0848. The summed E-state index contributed by atoms with van der Waals surface area (Å²) in [5.74, 6) is -0.170. The summed E-state index contributed by atoms with van der Waals surface area (Å²) < 4.78 is 0. The molecule has 2 aromatic heterocycles. The molecular weight excluding hydrogens is 292 g/mol. The quantitative estimate of drug-likeness (QED) is 0.728. The van der Waals surface area contributed by atoms with Crippen molar-refractivity contribution in [3.8, 4) is 0 Å². The molecule has 2 amide bonds. The lowest BCUT2D eigenvalue weighted by Gasteiger charge is -2.06. The number of rotatable bonds is 8. The Morgan fingerprint density at radius 3 is 1.48 bits per heavy atom. The molecule has 2 aromatic rings. The standard InChI is InChI=1S/C17H20N4O2/c22-16(14-4-10-18-11-5-14)20-8-2-1-3-9-21-17(23)15-6-12-19-13-7-15/h4-7,10-13H,1-3,8-9H2,(H,20,22)(H,21,23). The van der Waals surface area contributed by atoms with E-state index in [1.807, 2.05) is 0 Å². The van der Waals surface area contributed by atoms with E-state index in [9.17, 15) is 9.59 Å². The zero-order valence-corrected chi connectivity index (χ0v) is 12.9. The molecule has 6 heteroatoms. The van der Waals surface area contributed by atoms with Crippen LogP contribution in [0, 0.1) is 0 Å². The Balaban J connectivity index is 1.53. The van der Waals surface area contributed by atoms with E-state index < -0.39 is 0 Å². The first-order valence-electron chi connectivity index (χ1n) is 7.64. The van der Waals surface area contributed by atoms with Gasteiger partial charge in [0.2, 0.25) is 0 Å². The SMILES string of the molecule is O=C(NCCCCCNC(=O)c1ccncc1)c1ccncc1. The predicted molar refractivity (Wildman–Crippen MR) is 87.0 cm³/mol. The first kappa shape index (κ1) is 16.6. The Labute approximate surface area is 135 Å². The summed E-state index contributed by atoms with van der Waals surface area (Å²) in [7, 11) is 0. The number of nitrogens with one attached hydrogen (secondary N) is 2. The fourth-order valence-electron chi connectivity index (χ4n) is 2.04. The van der Waals surface area contributed by atoms with Crippen LogP contribution < -0.4 is 10.6 Å². The number of carbonyl (C=O) groups is 2. The molecule has 23 heavy (non-hydrogen) atoms. The molecule has 2 N–H and O–H groups in total. The molecule has 0 fully saturated rings. The van der Waals surface area contributed by atoms with E-state index >= 15 is 0 Å². The second-order valence-electron chi connectivity index (χ2n) is 5.04. The number of nitrogens with zero attached hydrogens (tertiary/aromatic N) is 2. The maximum absolute atomic E-state index is 11.8. The van der Waals surface area contributed by atoms with Crippen molar-refractivity contribution in [2.24, 2.45) is 0 Å². The number of carbonyl (C=O) groups excluding carboxylic acids is 2. The number of aromatic nitrogens is 2. The van der Waals surface area contributed by atoms with Crippen molar-refractivity contribution < 1.29 is 9.59 Å². The van der Waals surface area contributed by atoms with E-state index in [0.717, 1.165) is 19.3 Å². The molecule has 0 aliphatic carbocycles. The molecular formula is C17H20N4O2. The first-order chi connectivity index (χ1) is 11.3. The van der Waals surface area contributed by atoms with Gasteiger partial charge in [0.15, 0.2) is 0 Å². The highest BCUT2D eigenvalue weighted by Gasteiger charge is 2.04. The summed E-state index contributed by atoms with van der Waals surface area (Å²) in [4.78, 5) is 31.3. The predicted octanol–water partition coefficient (Wildman–Crippen LogP) is 1.81. The lowest BCUT2D eigenvalue weighted by Crippen LogP contribution is -2.26. The zero-order valence-electron chi connectivity index (χ0n) is 12.9. The third-order valence-electron chi connectivity index (χ3n) is 3.31. The van der Waals surface area contributed by atoms with Crippen LogP contribution in [-0.4, -0.2) is 34.9 Å². The van der Waals surface area contributed by atoms with Crippen LogP contribution in [0.15, 0.2) is 49.1 Å². The van der Waals surface area contributed by atoms with Gasteiger partial charge in [-0.1, -0.05) is 0 Å². The van der Waals surface area contributed by atoms with Crippen LogP contribution >= 0.6 is 0 Å². The van der Waals surface area contributed by atoms with Gasteiger partial charge in [0.1, 0.15) is 0 Å². The monoisotopic (exact) mass is 312 g/mol. The van der Waals surface area contributed by atoms with E-state index in [4.69, 9.17) is 0 Å². The Hall–Kier alpha value is -2.76. The van der Waals surface area contributed by atoms with Gasteiger partial charge in [-0.15, -0.1) is 0 Å². The average Bonchev–Trinajstić information content (AvgIpc) is 2.62. The fourth-order valence-corrected chi connectivity index (χ4v) is 2.04. The van der Waals surface area contributed by atoms with Crippen LogP contribution in [0.1, 0.15) is 40.0 Å². The van der Waals surface area contributed by atoms with E-state index in [-0.39, 0.29) is 11.8 Å². The van der Waals surface area contributed by atoms with Crippen LogP contribution in [0.3, 0.4) is 0 Å². The fraction of sp³-hybridized carbons (Fsp3) is 0.294. The van der Waals surface area contributed by atoms with Crippen molar-refractivity contribution in [1.82, 2.24) is 20.6 Å². The van der Waals surface area contributed by atoms with E-state index in [0.29, 0.717) is 24.2 Å². The topological polar surface area (TPSA) is 84.0 Å². The van der Waals surface area contributed by atoms with E-state index in [1.54, 1.807) is 49.1 Å². The Kier molecular flexibility index (Phi) is 6.71. The number of unbranched alkanes of at least 4 members (excludes halogenated alkanes) is 2. The van der Waals surface area contributed by atoms with Gasteiger partial charge >= 0.3 is 0 Å². The summed E-state index contributed by atoms with van der Waals surface area (Å²) in [5.41, 5.74) is 1.23. The van der Waals surface area contributed by atoms with Crippen molar-refractivity contribution in [3.05, 3.63) is 60.2 Å². The van der Waals surface area contributed by atoms with E-state index in [1.165, 1.54) is 0 Å². The smallest absolute Gasteiger partial charge is 0.251 e. The minimum atomic E-state index is -0.0848. The normalized spacial score (nSPS) is 10.1. The maximum Gasteiger partial charge on any atom is 0.251 e. The highest BCUT2D eigenvalue weighted by Crippen LogP contribution is 1.99. The molecule has 2 heterocycles. The molecule has 0 radical (unpaired) electrons. The van der Waals surface area contributed by atoms with Crippen molar-refractivity contribution in [2.75, 3.05) is 13.1 Å². The maximum atomic E-state index is 11.8. The highest BCUT2D eigenvalue weighted by atomic mass is 16.2. The van der Waals surface area contributed by atoms with Gasteiger partial charge in [-0.2, -0.15) is 0 Å². The molecule has 0 atom stereocenters. The zero-order chi connectivity index (χ0) is 16.3. The van der Waals surface area contributed by atoms with Gasteiger partial charge in [-0.25, -0.2) is 0 Å². The van der Waals surface area contributed by atoms with Gasteiger partial charge in [-0.05, 0) is 43.5 Å². The second-order valence-corrected chi connectivity index (χ2v) is 5.04. The van der Waals surface area contributed by atoms with Crippen molar-refractivity contribution >= 4 is 11.8 Å². The molecule has 0 saturated heterocycles. The lowest BCUT2D eigenvalue weighted by molar-refractivity contribution is 0.0947. The molecule has 0 aliphatic rings. The van der Waals surface area contributed by atoms with Crippen LogP contribution in [0.4, 0.5) is 0 Å². The summed E-state index contributed by atoms with van der Waals surface area (Å²) in [6, 6.07) is 6.74. The molecule has 0 spiro atoms. The molecule has 6 nitrogen and oxygen atoms in total. The largest absolute Gasteiger partial charge is 0.352 e. The molecule has 0 aromatic carbocycles. The summed E-state index contributed by atoms with van der Waals surface area (Å²) in [6.45, 7) is 1.25. The minimum Gasteiger partial charge on any atom is -0.352 e. The van der Waals surface area contributed by atoms with Gasteiger partial charge in [0.25, 0.3) is 11.8 Å². The third-order valence-corrected chi connectivity index (χ3v) is 3.31. The average molecular weight is 312 g/mol. The molecule has 0 bridgehead atoms. The number of amides is 2. The molecule has 0 saturated carbocycles. The van der Waals surface area contributed by atoms with Gasteiger partial charge < -0.3 is 10.6 Å². The first-order valence-corrected chi connectivity index (χ1v) is 7.64. The van der Waals surface area contributed by atoms with Crippen LogP contribution in [0.25, 0.3) is 0 Å². The molecule has 0 unspecified atom stereocenters. The highest BCUT2D eigenvalue weighted by molar-refractivity contribution is 5.94. The summed E-state index contributed by atoms with van der Waals surface area (Å²) >= 11 is 0. The lowest BCUT2D eigenvalue weighted by atomic mass is 10.2. The van der Waals surface area contributed by atoms with Crippen molar-refractivity contribution in [1.29, 1.82) is 0 Å². The Morgan fingerprint density at radius 2 is 1.09 bits per heavy atom. The molecule has 0 aliphatic heterocycles. The Morgan fingerprint density at radius 1 is 0.696 bits per heavy atom. The van der Waals surface area contributed by atoms with Crippen LogP contribution in [0.2, 0.25) is 0 Å². The Bertz CT molecular complexity index is 562. The van der Waals surface area contributed by atoms with Crippen molar-refractivity contribution in [2.45, 2.75) is 19.3 Å². The third kappa shape index (κ3) is 5.86.